The number of allylic oxidation sites excluding steroid dienone is 19. The lowest BCUT2D eigenvalue weighted by Crippen LogP contribution is -2.43. The minimum Gasteiger partial charge on any atom is -0.361 e. The van der Waals surface area contributed by atoms with E-state index in [1.165, 1.54) is 114 Å². The Morgan fingerprint density at radius 3 is 2.40 bits per heavy atom. The van der Waals surface area contributed by atoms with Gasteiger partial charge in [0.05, 0.1) is 18.1 Å². The summed E-state index contributed by atoms with van der Waals surface area (Å²) < 4.78 is 0. The second-order valence-corrected chi connectivity index (χ2v) is 20.8. The first-order chi connectivity index (χ1) is 30.7. The number of fused-ring (bicyclic) bond motifs is 5. The van der Waals surface area contributed by atoms with Crippen LogP contribution < -0.4 is 4.90 Å². The van der Waals surface area contributed by atoms with E-state index in [4.69, 9.17) is 0 Å². The molecule has 2 nitrogen and oxygen atoms in total. The van der Waals surface area contributed by atoms with E-state index in [0.29, 0.717) is 53.8 Å². The molecule has 11 aliphatic rings. The third-order valence-corrected chi connectivity index (χ3v) is 17.4. The largest absolute Gasteiger partial charge is 0.361 e. The average molecular weight is 817 g/mol. The molecule has 0 spiro atoms. The first kappa shape index (κ1) is 39.1. The summed E-state index contributed by atoms with van der Waals surface area (Å²) >= 11 is 0. The molecule has 2 heteroatoms. The SMILES string of the molecule is C1=CCCC(C2=CC(C3CC=CCC3)CC(C3=CCC(N4C5=C(CCC=C5)C5CCC(c6ccc7c(c6)N(C6CC=CC(C8=CCCC=C8)C6)C6C=CCCC76)=CC54)C=C3)C2)=C1. The van der Waals surface area contributed by atoms with E-state index < -0.39 is 0 Å². The molecule has 0 N–H and O–H groups in total. The normalized spacial score (nSPS) is 35.8. The first-order valence-corrected chi connectivity index (χ1v) is 25.3. The third-order valence-electron chi connectivity index (χ3n) is 17.4. The van der Waals surface area contributed by atoms with Crippen molar-refractivity contribution in [2.75, 3.05) is 4.90 Å². The Morgan fingerprint density at radius 2 is 1.53 bits per heavy atom. The van der Waals surface area contributed by atoms with E-state index in [1.54, 1.807) is 44.7 Å². The van der Waals surface area contributed by atoms with Gasteiger partial charge in [-0.25, -0.2) is 0 Å². The van der Waals surface area contributed by atoms with Crippen LogP contribution >= 0.6 is 0 Å². The zero-order chi connectivity index (χ0) is 41.0. The van der Waals surface area contributed by atoms with E-state index in [0.717, 1.165) is 18.8 Å². The summed E-state index contributed by atoms with van der Waals surface area (Å²) in [6.07, 6.45) is 69.8. The molecule has 2 heterocycles. The van der Waals surface area contributed by atoms with Crippen LogP contribution in [0.4, 0.5) is 5.69 Å². The van der Waals surface area contributed by atoms with Crippen LogP contribution in [0.2, 0.25) is 0 Å². The van der Waals surface area contributed by atoms with Crippen molar-refractivity contribution in [3.05, 3.63) is 178 Å². The van der Waals surface area contributed by atoms with Crippen molar-refractivity contribution in [1.29, 1.82) is 0 Å². The number of hydrogen-bond acceptors (Lipinski definition) is 2. The quantitative estimate of drug-likeness (QED) is 0.253. The maximum Gasteiger partial charge on any atom is 0.0551 e. The maximum absolute atomic E-state index is 2.90. The van der Waals surface area contributed by atoms with Crippen molar-refractivity contribution in [3.8, 4) is 0 Å². The molecule has 12 rings (SSSR count). The van der Waals surface area contributed by atoms with Gasteiger partial charge in [0, 0.05) is 35.2 Å². The lowest BCUT2D eigenvalue weighted by Gasteiger charge is -2.40. The highest BCUT2D eigenvalue weighted by molar-refractivity contribution is 5.75. The molecule has 10 unspecified atom stereocenters. The van der Waals surface area contributed by atoms with Crippen molar-refractivity contribution >= 4 is 11.3 Å². The number of anilines is 1. The zero-order valence-electron chi connectivity index (χ0n) is 37.1. The Kier molecular flexibility index (Phi) is 10.6. The van der Waals surface area contributed by atoms with E-state index in [1.807, 2.05) is 0 Å². The minimum absolute atomic E-state index is 0.410. The summed E-state index contributed by atoms with van der Waals surface area (Å²) in [5.74, 6) is 3.90. The summed E-state index contributed by atoms with van der Waals surface area (Å²) in [5.41, 5.74) is 15.9. The second-order valence-electron chi connectivity index (χ2n) is 20.8. The summed E-state index contributed by atoms with van der Waals surface area (Å²) in [6.45, 7) is 0. The van der Waals surface area contributed by atoms with Gasteiger partial charge in [-0.05, 0) is 190 Å². The van der Waals surface area contributed by atoms with Crippen molar-refractivity contribution in [2.24, 2.45) is 29.6 Å². The van der Waals surface area contributed by atoms with E-state index in [2.05, 4.69) is 143 Å². The molecule has 0 saturated heterocycles. The first-order valence-electron chi connectivity index (χ1n) is 25.3. The van der Waals surface area contributed by atoms with E-state index >= 15 is 0 Å². The van der Waals surface area contributed by atoms with Gasteiger partial charge in [0.1, 0.15) is 0 Å². The minimum atomic E-state index is 0.410. The number of hydrogen-bond donors (Lipinski definition) is 0. The van der Waals surface area contributed by atoms with Crippen LogP contribution in [0.25, 0.3) is 5.57 Å². The second kappa shape index (κ2) is 16.9. The van der Waals surface area contributed by atoms with E-state index in [-0.39, 0.29) is 0 Å². The van der Waals surface area contributed by atoms with Gasteiger partial charge in [-0.3, -0.25) is 0 Å². The summed E-state index contributed by atoms with van der Waals surface area (Å²) in [4.78, 5) is 5.80. The van der Waals surface area contributed by atoms with Crippen LogP contribution in [-0.2, 0) is 0 Å². The molecule has 62 heavy (non-hydrogen) atoms. The Morgan fingerprint density at radius 1 is 0.581 bits per heavy atom. The molecule has 0 radical (unpaired) electrons. The number of rotatable bonds is 7. The predicted octanol–water partition coefficient (Wildman–Crippen LogP) is 14.8. The lowest BCUT2D eigenvalue weighted by molar-refractivity contribution is 0.234. The Bertz CT molecular complexity index is 2360. The summed E-state index contributed by atoms with van der Waals surface area (Å²) in [7, 11) is 0. The summed E-state index contributed by atoms with van der Waals surface area (Å²) in [6, 6.07) is 9.62. The standard InChI is InChI=1S/C60H68N2/c1-4-15-41(16-5-1)45-21-14-22-52(38-45)62-58-26-13-11-24-54(58)56-34-30-47(40-60(56)62)46-29-33-55-53-23-10-12-25-57(53)61(59(55)39-46)51-31-27-44(28-32-51)50-36-48(42-17-6-2-7-18-42)35-49(37-50)43-19-8-3-9-20-43/h2-4,6,8,12-17,21,25-28,30-31,34-35,39-40,43,45,49-52,54-55,58-59H,1,5,7,9-11,18-20,22-24,29,32-33,36-38H2. The fraction of sp³-hybridized carbons (Fsp3) is 0.467. The van der Waals surface area contributed by atoms with Gasteiger partial charge in [0.25, 0.3) is 0 Å². The van der Waals surface area contributed by atoms with Crippen molar-refractivity contribution in [2.45, 2.75) is 146 Å². The summed E-state index contributed by atoms with van der Waals surface area (Å²) in [5, 5.41) is 0. The number of nitrogens with zero attached hydrogens (tertiary/aromatic N) is 2. The van der Waals surface area contributed by atoms with Gasteiger partial charge in [0.2, 0.25) is 0 Å². The highest BCUT2D eigenvalue weighted by Gasteiger charge is 2.45. The van der Waals surface area contributed by atoms with Crippen LogP contribution in [0.5, 0.6) is 0 Å². The number of benzene rings is 1. The van der Waals surface area contributed by atoms with Gasteiger partial charge >= 0.3 is 0 Å². The topological polar surface area (TPSA) is 6.48 Å². The molecule has 10 atom stereocenters. The smallest absolute Gasteiger partial charge is 0.0551 e. The van der Waals surface area contributed by atoms with Crippen molar-refractivity contribution < 1.29 is 0 Å². The zero-order valence-corrected chi connectivity index (χ0v) is 37.1. The van der Waals surface area contributed by atoms with Gasteiger partial charge in [-0.1, -0.05) is 122 Å². The fourth-order valence-electron chi connectivity index (χ4n) is 14.3. The van der Waals surface area contributed by atoms with Crippen molar-refractivity contribution in [3.63, 3.8) is 0 Å². The third kappa shape index (κ3) is 7.16. The maximum atomic E-state index is 2.90. The molecular formula is C60H68N2. The Hall–Kier alpha value is -4.56. The molecule has 0 fully saturated rings. The molecule has 1 aromatic rings. The highest BCUT2D eigenvalue weighted by atomic mass is 15.2. The van der Waals surface area contributed by atoms with E-state index in [9.17, 15) is 0 Å². The van der Waals surface area contributed by atoms with Gasteiger partial charge in [-0.15, -0.1) is 0 Å². The van der Waals surface area contributed by atoms with Crippen LogP contribution in [0.3, 0.4) is 0 Å². The fourth-order valence-corrected chi connectivity index (χ4v) is 14.3. The van der Waals surface area contributed by atoms with Crippen LogP contribution in [0, 0.1) is 29.6 Å². The van der Waals surface area contributed by atoms with Crippen LogP contribution in [0.1, 0.15) is 133 Å². The monoisotopic (exact) mass is 817 g/mol. The van der Waals surface area contributed by atoms with Gasteiger partial charge < -0.3 is 9.80 Å². The molecule has 0 saturated carbocycles. The van der Waals surface area contributed by atoms with Crippen LogP contribution in [-0.4, -0.2) is 29.1 Å². The lowest BCUT2D eigenvalue weighted by atomic mass is 9.69. The average Bonchev–Trinajstić information content (AvgIpc) is 3.87. The molecular weight excluding hydrogens is 749 g/mol. The van der Waals surface area contributed by atoms with Crippen molar-refractivity contribution in [1.82, 2.24) is 4.90 Å². The highest BCUT2D eigenvalue weighted by Crippen LogP contribution is 2.53. The molecule has 0 amide bonds. The molecule has 1 aromatic carbocycles. The van der Waals surface area contributed by atoms with Gasteiger partial charge in [0.15, 0.2) is 0 Å². The Labute approximate surface area is 373 Å². The Balaban J connectivity index is 0.818. The molecule has 0 bridgehead atoms. The molecule has 2 aliphatic heterocycles. The molecule has 0 aromatic heterocycles. The van der Waals surface area contributed by atoms with Gasteiger partial charge in [-0.2, -0.15) is 0 Å². The molecule has 318 valence electrons. The van der Waals surface area contributed by atoms with Crippen LogP contribution in [0.15, 0.2) is 167 Å². The molecule has 9 aliphatic carbocycles. The predicted molar refractivity (Wildman–Crippen MR) is 261 cm³/mol.